The van der Waals surface area contributed by atoms with Crippen molar-refractivity contribution in [1.82, 2.24) is 18.8 Å². The topological polar surface area (TPSA) is 34.6 Å². The predicted octanol–water partition coefficient (Wildman–Crippen LogP) is 9.22. The Morgan fingerprint density at radius 2 is 0.875 bits per heavy atom. The lowest BCUT2D eigenvalue weighted by molar-refractivity contribution is 0.562. The second-order valence-electron chi connectivity index (χ2n) is 12.9. The van der Waals surface area contributed by atoms with E-state index in [1.54, 1.807) is 0 Å². The van der Waals surface area contributed by atoms with Crippen molar-refractivity contribution in [1.29, 1.82) is 0 Å². The zero-order valence-electron chi connectivity index (χ0n) is 24.0. The van der Waals surface area contributed by atoms with E-state index in [-0.39, 0.29) is 10.8 Å². The zero-order valence-corrected chi connectivity index (χ0v) is 24.0. The van der Waals surface area contributed by atoms with E-state index in [4.69, 9.17) is 9.97 Å². The standard InChI is InChI=1S/C36H34N4/c1-35(2,3)31-19-23-13-7-9-15-25(23)33-37-29(21-39(31)33)27-17-11-12-18-28(27)30-22-40-32(36(4,5)6)20-24-14-8-10-16-26(24)34(40)38-30/h7-22H,1-6H3. The SMILES string of the molecule is CC(C)(C)c1cc2ccccc2c2nc(-c3ccccc3-c3cn4c(C(C)(C)C)cc5ccccc5c4n3)cn12. The molecule has 0 spiro atoms. The fraction of sp³-hybridized carbons (Fsp3) is 0.222. The van der Waals surface area contributed by atoms with Crippen LogP contribution in [0.1, 0.15) is 52.9 Å². The highest BCUT2D eigenvalue weighted by Crippen LogP contribution is 2.37. The summed E-state index contributed by atoms with van der Waals surface area (Å²) in [6, 6.07) is 30.2. The summed E-state index contributed by atoms with van der Waals surface area (Å²) in [5, 5.41) is 4.75. The Labute approximate surface area is 235 Å². The van der Waals surface area contributed by atoms with E-state index in [0.717, 1.165) is 44.6 Å². The monoisotopic (exact) mass is 522 g/mol. The van der Waals surface area contributed by atoms with Crippen molar-refractivity contribution in [2.75, 3.05) is 0 Å². The van der Waals surface area contributed by atoms with Crippen molar-refractivity contribution >= 4 is 32.8 Å². The Morgan fingerprint density at radius 1 is 0.500 bits per heavy atom. The Bertz CT molecular complexity index is 1930. The summed E-state index contributed by atoms with van der Waals surface area (Å²) in [4.78, 5) is 10.5. The van der Waals surface area contributed by atoms with Crippen LogP contribution >= 0.6 is 0 Å². The summed E-state index contributed by atoms with van der Waals surface area (Å²) in [5.74, 6) is 0. The minimum atomic E-state index is -0.0359. The van der Waals surface area contributed by atoms with Crippen LogP contribution in [0, 0.1) is 0 Å². The first-order valence-corrected chi connectivity index (χ1v) is 14.0. The Kier molecular flexibility index (Phi) is 5.24. The summed E-state index contributed by atoms with van der Waals surface area (Å²) < 4.78 is 4.56. The van der Waals surface area contributed by atoms with E-state index in [9.17, 15) is 0 Å². The van der Waals surface area contributed by atoms with Gasteiger partial charge in [0.05, 0.1) is 11.4 Å². The van der Waals surface area contributed by atoms with Gasteiger partial charge in [0, 0.05) is 56.5 Å². The molecule has 7 rings (SSSR count). The quantitative estimate of drug-likeness (QED) is 0.227. The third-order valence-electron chi connectivity index (χ3n) is 7.93. The van der Waals surface area contributed by atoms with Crippen LogP contribution < -0.4 is 0 Å². The minimum absolute atomic E-state index is 0.0359. The first kappa shape index (κ1) is 24.6. The molecule has 0 amide bonds. The average Bonchev–Trinajstić information content (AvgIpc) is 3.57. The van der Waals surface area contributed by atoms with Crippen LogP contribution in [0.2, 0.25) is 0 Å². The molecule has 0 aliphatic rings. The van der Waals surface area contributed by atoms with Gasteiger partial charge in [0.15, 0.2) is 0 Å². The van der Waals surface area contributed by atoms with E-state index in [2.05, 4.69) is 148 Å². The molecule has 40 heavy (non-hydrogen) atoms. The highest BCUT2D eigenvalue weighted by atomic mass is 15.0. The van der Waals surface area contributed by atoms with Crippen LogP contribution in [-0.4, -0.2) is 18.8 Å². The molecular formula is C36H34N4. The number of hydrogen-bond acceptors (Lipinski definition) is 2. The van der Waals surface area contributed by atoms with Gasteiger partial charge in [-0.15, -0.1) is 0 Å². The minimum Gasteiger partial charge on any atom is -0.302 e. The Balaban J connectivity index is 1.49. The van der Waals surface area contributed by atoms with Crippen molar-refractivity contribution in [3.8, 4) is 22.5 Å². The molecule has 0 atom stereocenters. The van der Waals surface area contributed by atoms with E-state index in [1.807, 2.05) is 0 Å². The van der Waals surface area contributed by atoms with Gasteiger partial charge in [0.1, 0.15) is 11.3 Å². The van der Waals surface area contributed by atoms with Gasteiger partial charge in [-0.05, 0) is 22.9 Å². The van der Waals surface area contributed by atoms with Gasteiger partial charge in [-0.3, -0.25) is 0 Å². The maximum atomic E-state index is 5.26. The second-order valence-corrected chi connectivity index (χ2v) is 12.9. The summed E-state index contributed by atoms with van der Waals surface area (Å²) >= 11 is 0. The molecule has 0 unspecified atom stereocenters. The van der Waals surface area contributed by atoms with E-state index < -0.39 is 0 Å². The van der Waals surface area contributed by atoms with Gasteiger partial charge in [0.25, 0.3) is 0 Å². The van der Waals surface area contributed by atoms with E-state index in [1.165, 1.54) is 22.2 Å². The highest BCUT2D eigenvalue weighted by Gasteiger charge is 2.23. The van der Waals surface area contributed by atoms with Crippen molar-refractivity contribution in [2.45, 2.75) is 52.4 Å². The number of pyridine rings is 2. The molecule has 0 aliphatic carbocycles. The molecule has 4 aromatic heterocycles. The average molecular weight is 523 g/mol. The molecule has 0 radical (unpaired) electrons. The maximum absolute atomic E-state index is 5.26. The second kappa shape index (κ2) is 8.53. The van der Waals surface area contributed by atoms with E-state index >= 15 is 0 Å². The number of aromatic nitrogens is 4. The fourth-order valence-electron chi connectivity index (χ4n) is 5.94. The van der Waals surface area contributed by atoms with Gasteiger partial charge >= 0.3 is 0 Å². The lowest BCUT2D eigenvalue weighted by atomic mass is 9.90. The van der Waals surface area contributed by atoms with Gasteiger partial charge in [-0.2, -0.15) is 0 Å². The van der Waals surface area contributed by atoms with Crippen LogP contribution in [0.3, 0.4) is 0 Å². The molecule has 3 aromatic carbocycles. The first-order chi connectivity index (χ1) is 19.1. The van der Waals surface area contributed by atoms with Gasteiger partial charge in [-0.25, -0.2) is 9.97 Å². The molecule has 0 fully saturated rings. The predicted molar refractivity (Wildman–Crippen MR) is 167 cm³/mol. The van der Waals surface area contributed by atoms with Crippen molar-refractivity contribution in [2.24, 2.45) is 0 Å². The Hall–Kier alpha value is -4.44. The lowest BCUT2D eigenvalue weighted by Gasteiger charge is -2.21. The third kappa shape index (κ3) is 3.82. The largest absolute Gasteiger partial charge is 0.302 e. The molecular weight excluding hydrogens is 488 g/mol. The van der Waals surface area contributed by atoms with Crippen LogP contribution in [0.25, 0.3) is 55.4 Å². The molecule has 4 heterocycles. The van der Waals surface area contributed by atoms with Crippen molar-refractivity contribution in [3.63, 3.8) is 0 Å². The number of fused-ring (bicyclic) bond motifs is 6. The molecule has 7 aromatic rings. The van der Waals surface area contributed by atoms with Crippen LogP contribution in [-0.2, 0) is 10.8 Å². The molecule has 0 saturated carbocycles. The summed E-state index contributed by atoms with van der Waals surface area (Å²) in [6.45, 7) is 13.6. The third-order valence-corrected chi connectivity index (χ3v) is 7.93. The van der Waals surface area contributed by atoms with Crippen LogP contribution in [0.4, 0.5) is 0 Å². The van der Waals surface area contributed by atoms with Crippen molar-refractivity contribution in [3.05, 3.63) is 109 Å². The molecule has 0 bridgehead atoms. The summed E-state index contributed by atoms with van der Waals surface area (Å²) in [5.41, 5.74) is 8.47. The first-order valence-electron chi connectivity index (χ1n) is 14.0. The normalized spacial score (nSPS) is 12.8. The van der Waals surface area contributed by atoms with Crippen LogP contribution in [0.5, 0.6) is 0 Å². The van der Waals surface area contributed by atoms with Crippen molar-refractivity contribution < 1.29 is 0 Å². The lowest BCUT2D eigenvalue weighted by Crippen LogP contribution is -2.16. The zero-order chi connectivity index (χ0) is 27.8. The molecule has 198 valence electrons. The van der Waals surface area contributed by atoms with Gasteiger partial charge in [0.2, 0.25) is 0 Å². The molecule has 4 heteroatoms. The number of benzene rings is 3. The molecule has 0 N–H and O–H groups in total. The summed E-state index contributed by atoms with van der Waals surface area (Å²) in [6.07, 6.45) is 4.40. The number of imidazole rings is 2. The maximum Gasteiger partial charge on any atom is 0.145 e. The number of nitrogens with zero attached hydrogens (tertiary/aromatic N) is 4. The van der Waals surface area contributed by atoms with Gasteiger partial charge in [-0.1, -0.05) is 114 Å². The Morgan fingerprint density at radius 3 is 1.27 bits per heavy atom. The number of rotatable bonds is 2. The smallest absolute Gasteiger partial charge is 0.145 e. The molecule has 4 nitrogen and oxygen atoms in total. The van der Waals surface area contributed by atoms with E-state index in [0.29, 0.717) is 0 Å². The number of hydrogen-bond donors (Lipinski definition) is 0. The summed E-state index contributed by atoms with van der Waals surface area (Å²) in [7, 11) is 0. The highest BCUT2D eigenvalue weighted by molar-refractivity contribution is 5.97. The molecule has 0 saturated heterocycles. The fourth-order valence-corrected chi connectivity index (χ4v) is 5.94. The molecule has 0 aliphatic heterocycles. The van der Waals surface area contributed by atoms with Crippen LogP contribution in [0.15, 0.2) is 97.3 Å². The van der Waals surface area contributed by atoms with Gasteiger partial charge < -0.3 is 8.80 Å².